The first kappa shape index (κ1) is 12.5. The van der Waals surface area contributed by atoms with Gasteiger partial charge in [-0.15, -0.1) is 0 Å². The molecular weight excluding hydrogens is 202 g/mol. The Hall–Kier alpha value is -1.58. The number of carbonyl (C=O) groups excluding carboxylic acids is 1. The molecule has 0 aliphatic carbocycles. The highest BCUT2D eigenvalue weighted by atomic mass is 16.2. The monoisotopic (exact) mass is 221 g/mol. The molecule has 0 spiro atoms. The number of rotatable bonds is 3. The van der Waals surface area contributed by atoms with Crippen LogP contribution in [-0.4, -0.2) is 17.1 Å². The molecule has 0 fully saturated rings. The average Bonchev–Trinajstić information content (AvgIpc) is 2.16. The van der Waals surface area contributed by atoms with Gasteiger partial charge in [-0.3, -0.25) is 4.98 Å². The Balaban J connectivity index is 2.69. The second-order valence-electron chi connectivity index (χ2n) is 4.61. The van der Waals surface area contributed by atoms with Crippen molar-refractivity contribution in [3.8, 4) is 0 Å². The predicted molar refractivity (Wildman–Crippen MR) is 64.1 cm³/mol. The van der Waals surface area contributed by atoms with Crippen LogP contribution in [0.3, 0.4) is 0 Å². The second kappa shape index (κ2) is 4.96. The van der Waals surface area contributed by atoms with E-state index in [-0.39, 0.29) is 12.1 Å². The summed E-state index contributed by atoms with van der Waals surface area (Å²) < 4.78 is 0. The Morgan fingerprint density at radius 3 is 2.38 bits per heavy atom. The van der Waals surface area contributed by atoms with Crippen molar-refractivity contribution in [1.82, 2.24) is 15.6 Å². The summed E-state index contributed by atoms with van der Waals surface area (Å²) in [5.41, 5.74) is 0.628. The van der Waals surface area contributed by atoms with Crippen molar-refractivity contribution in [1.29, 1.82) is 0 Å². The van der Waals surface area contributed by atoms with Crippen LogP contribution in [0, 0.1) is 0 Å². The van der Waals surface area contributed by atoms with Crippen LogP contribution in [-0.2, 0) is 5.54 Å². The molecule has 0 bridgehead atoms. The van der Waals surface area contributed by atoms with Gasteiger partial charge in [-0.25, -0.2) is 4.79 Å². The van der Waals surface area contributed by atoms with Gasteiger partial charge in [0.25, 0.3) is 0 Å². The van der Waals surface area contributed by atoms with Crippen LogP contribution in [0.1, 0.15) is 33.3 Å². The molecule has 0 unspecified atom stereocenters. The first-order valence-corrected chi connectivity index (χ1v) is 5.41. The largest absolute Gasteiger partial charge is 0.336 e. The normalized spacial score (nSPS) is 11.3. The Labute approximate surface area is 96.5 Å². The molecule has 0 saturated carbocycles. The minimum absolute atomic E-state index is 0.133. The third-order valence-corrected chi connectivity index (χ3v) is 2.25. The molecule has 4 heteroatoms. The molecule has 0 aliphatic rings. The molecule has 16 heavy (non-hydrogen) atoms. The minimum atomic E-state index is -0.401. The standard InChI is InChI=1S/C12H19N3O/c1-9(2)14-11(16)15-12(3,4)10-5-7-13-8-6-10/h5-9H,1-4H3,(H2,14,15,16). The SMILES string of the molecule is CC(C)NC(=O)NC(C)(C)c1ccncc1. The van der Waals surface area contributed by atoms with Crippen molar-refractivity contribution in [3.63, 3.8) is 0 Å². The highest BCUT2D eigenvalue weighted by Crippen LogP contribution is 2.18. The van der Waals surface area contributed by atoms with E-state index in [0.29, 0.717) is 0 Å². The molecule has 4 nitrogen and oxygen atoms in total. The zero-order valence-corrected chi connectivity index (χ0v) is 10.2. The maximum absolute atomic E-state index is 11.6. The highest BCUT2D eigenvalue weighted by Gasteiger charge is 2.22. The third kappa shape index (κ3) is 3.53. The number of urea groups is 1. The van der Waals surface area contributed by atoms with Crippen molar-refractivity contribution >= 4 is 6.03 Å². The van der Waals surface area contributed by atoms with E-state index in [0.717, 1.165) is 5.56 Å². The number of carbonyl (C=O) groups is 1. The number of hydrogen-bond donors (Lipinski definition) is 2. The van der Waals surface area contributed by atoms with Gasteiger partial charge in [-0.05, 0) is 45.4 Å². The summed E-state index contributed by atoms with van der Waals surface area (Å²) in [4.78, 5) is 15.6. The van der Waals surface area contributed by atoms with E-state index in [1.807, 2.05) is 39.8 Å². The molecular formula is C12H19N3O. The lowest BCUT2D eigenvalue weighted by Gasteiger charge is -2.27. The van der Waals surface area contributed by atoms with Gasteiger partial charge in [0.2, 0.25) is 0 Å². The van der Waals surface area contributed by atoms with Gasteiger partial charge >= 0.3 is 6.03 Å². The van der Waals surface area contributed by atoms with Gasteiger partial charge < -0.3 is 10.6 Å². The van der Waals surface area contributed by atoms with Crippen molar-refractivity contribution < 1.29 is 4.79 Å². The lowest BCUT2D eigenvalue weighted by molar-refractivity contribution is 0.227. The summed E-state index contributed by atoms with van der Waals surface area (Å²) in [6, 6.07) is 3.77. The fraction of sp³-hybridized carbons (Fsp3) is 0.500. The number of nitrogens with zero attached hydrogens (tertiary/aromatic N) is 1. The van der Waals surface area contributed by atoms with E-state index < -0.39 is 5.54 Å². The van der Waals surface area contributed by atoms with Crippen LogP contribution in [0.15, 0.2) is 24.5 Å². The minimum Gasteiger partial charge on any atom is -0.336 e. The predicted octanol–water partition coefficient (Wildman–Crippen LogP) is 2.02. The summed E-state index contributed by atoms with van der Waals surface area (Å²) in [7, 11) is 0. The van der Waals surface area contributed by atoms with E-state index >= 15 is 0 Å². The first-order chi connectivity index (χ1) is 7.42. The summed E-state index contributed by atoms with van der Waals surface area (Å²) in [5, 5.41) is 5.73. The van der Waals surface area contributed by atoms with E-state index in [1.54, 1.807) is 12.4 Å². The molecule has 2 N–H and O–H groups in total. The lowest BCUT2D eigenvalue weighted by atomic mass is 9.96. The van der Waals surface area contributed by atoms with Crippen molar-refractivity contribution in [3.05, 3.63) is 30.1 Å². The molecule has 88 valence electrons. The Bertz CT molecular complexity index is 347. The zero-order chi connectivity index (χ0) is 12.2. The Morgan fingerprint density at radius 2 is 1.88 bits per heavy atom. The van der Waals surface area contributed by atoms with E-state index in [9.17, 15) is 4.79 Å². The Kier molecular flexibility index (Phi) is 3.88. The van der Waals surface area contributed by atoms with Gasteiger partial charge in [0, 0.05) is 18.4 Å². The van der Waals surface area contributed by atoms with Crippen molar-refractivity contribution in [2.24, 2.45) is 0 Å². The van der Waals surface area contributed by atoms with Crippen LogP contribution >= 0.6 is 0 Å². The number of pyridine rings is 1. The molecule has 1 heterocycles. The van der Waals surface area contributed by atoms with Crippen LogP contribution in [0.4, 0.5) is 4.79 Å². The topological polar surface area (TPSA) is 54.0 Å². The van der Waals surface area contributed by atoms with Crippen molar-refractivity contribution in [2.75, 3.05) is 0 Å². The molecule has 0 radical (unpaired) electrons. The van der Waals surface area contributed by atoms with Crippen LogP contribution in [0.2, 0.25) is 0 Å². The van der Waals surface area contributed by atoms with Gasteiger partial charge in [0.15, 0.2) is 0 Å². The van der Waals surface area contributed by atoms with E-state index in [4.69, 9.17) is 0 Å². The van der Waals surface area contributed by atoms with Gasteiger partial charge in [0.05, 0.1) is 5.54 Å². The third-order valence-electron chi connectivity index (χ3n) is 2.25. The molecule has 0 saturated heterocycles. The summed E-state index contributed by atoms with van der Waals surface area (Å²) in [6.45, 7) is 7.78. The van der Waals surface area contributed by atoms with Crippen LogP contribution < -0.4 is 10.6 Å². The number of amides is 2. The highest BCUT2D eigenvalue weighted by molar-refractivity contribution is 5.75. The fourth-order valence-corrected chi connectivity index (χ4v) is 1.42. The number of hydrogen-bond acceptors (Lipinski definition) is 2. The summed E-state index contributed by atoms with van der Waals surface area (Å²) in [5.74, 6) is 0. The molecule has 2 amide bonds. The number of nitrogens with one attached hydrogen (secondary N) is 2. The van der Waals surface area contributed by atoms with Crippen LogP contribution in [0.5, 0.6) is 0 Å². The van der Waals surface area contributed by atoms with E-state index in [2.05, 4.69) is 15.6 Å². The molecule has 0 atom stereocenters. The molecule has 1 aromatic rings. The molecule has 0 aliphatic heterocycles. The maximum Gasteiger partial charge on any atom is 0.315 e. The van der Waals surface area contributed by atoms with Gasteiger partial charge in [-0.2, -0.15) is 0 Å². The maximum atomic E-state index is 11.6. The smallest absolute Gasteiger partial charge is 0.315 e. The van der Waals surface area contributed by atoms with Crippen molar-refractivity contribution in [2.45, 2.75) is 39.3 Å². The quantitative estimate of drug-likeness (QED) is 0.820. The van der Waals surface area contributed by atoms with Crippen LogP contribution in [0.25, 0.3) is 0 Å². The van der Waals surface area contributed by atoms with Gasteiger partial charge in [-0.1, -0.05) is 0 Å². The van der Waals surface area contributed by atoms with Gasteiger partial charge in [0.1, 0.15) is 0 Å². The summed E-state index contributed by atoms with van der Waals surface area (Å²) in [6.07, 6.45) is 3.44. The lowest BCUT2D eigenvalue weighted by Crippen LogP contribution is -2.48. The molecule has 0 aromatic carbocycles. The molecule has 1 rings (SSSR count). The fourth-order valence-electron chi connectivity index (χ4n) is 1.42. The second-order valence-corrected chi connectivity index (χ2v) is 4.61. The average molecular weight is 221 g/mol. The Morgan fingerprint density at radius 1 is 1.31 bits per heavy atom. The first-order valence-electron chi connectivity index (χ1n) is 5.41. The molecule has 1 aromatic heterocycles. The summed E-state index contributed by atoms with van der Waals surface area (Å²) >= 11 is 0. The zero-order valence-electron chi connectivity index (χ0n) is 10.2. The number of aromatic nitrogens is 1. The van der Waals surface area contributed by atoms with E-state index in [1.165, 1.54) is 0 Å².